The molecule has 3 heterocycles. The van der Waals surface area contributed by atoms with Crippen molar-refractivity contribution in [2.75, 3.05) is 32.8 Å². The minimum Gasteiger partial charge on any atom is -0.481 e. The lowest BCUT2D eigenvalue weighted by Gasteiger charge is -2.37. The molecule has 5 amide bonds. The predicted molar refractivity (Wildman–Crippen MR) is 123 cm³/mol. The van der Waals surface area contributed by atoms with Crippen molar-refractivity contribution in [2.24, 2.45) is 5.41 Å². The van der Waals surface area contributed by atoms with Crippen LogP contribution in [0.3, 0.4) is 0 Å². The minimum atomic E-state index is -1.04. The number of hydrogen-bond donors (Lipinski definition) is 2. The van der Waals surface area contributed by atoms with Gasteiger partial charge >= 0.3 is 5.97 Å². The van der Waals surface area contributed by atoms with E-state index in [9.17, 15) is 33.9 Å². The van der Waals surface area contributed by atoms with Crippen LogP contribution in [0.5, 0.6) is 0 Å². The van der Waals surface area contributed by atoms with Crippen LogP contribution in [0.2, 0.25) is 0 Å². The molecule has 0 saturated heterocycles. The number of hydrogen-bond acceptors (Lipinski definition) is 8. The van der Waals surface area contributed by atoms with Crippen LogP contribution >= 0.6 is 0 Å². The first-order valence-corrected chi connectivity index (χ1v) is 11.7. The maximum atomic E-state index is 12.3. The highest BCUT2D eigenvalue weighted by atomic mass is 16.5. The number of aliphatic hydroxyl groups is 1. The Labute approximate surface area is 207 Å². The Bertz CT molecular complexity index is 982. The minimum absolute atomic E-state index is 0.00618. The summed E-state index contributed by atoms with van der Waals surface area (Å²) in [6, 6.07) is 0. The number of nitrogens with zero attached hydrogens (tertiary/aromatic N) is 3. The van der Waals surface area contributed by atoms with E-state index in [1.54, 1.807) is 0 Å². The first-order valence-electron chi connectivity index (χ1n) is 11.7. The number of ether oxygens (including phenoxy) is 1. The standard InChI is InChI=1S/C24H29N3O9/c28-17-3-4-18(29)25(17)12-1-10-24(16-36-14-9-23(34)35,15-27-21(32)7-8-22(27)33)11-2-13-26-19(30)5-6-20(26)31/h3-8,17,28H,1-2,9-16H2,(H,34,35). The number of rotatable bonds is 15. The highest BCUT2D eigenvalue weighted by Crippen LogP contribution is 2.34. The molecule has 194 valence electrons. The molecule has 0 bridgehead atoms. The van der Waals surface area contributed by atoms with Crippen molar-refractivity contribution in [1.29, 1.82) is 0 Å². The van der Waals surface area contributed by atoms with Crippen LogP contribution in [-0.4, -0.2) is 99.5 Å². The molecule has 2 unspecified atom stereocenters. The summed E-state index contributed by atoms with van der Waals surface area (Å²) in [7, 11) is 0. The van der Waals surface area contributed by atoms with E-state index >= 15 is 0 Å². The molecule has 0 aromatic carbocycles. The number of carbonyl (C=O) groups is 6. The second kappa shape index (κ2) is 11.9. The molecule has 12 heteroatoms. The van der Waals surface area contributed by atoms with Gasteiger partial charge in [-0.2, -0.15) is 0 Å². The summed E-state index contributed by atoms with van der Waals surface area (Å²) in [6.45, 7) is 0.218. The Hall–Kier alpha value is -3.64. The van der Waals surface area contributed by atoms with Gasteiger partial charge in [0.05, 0.1) is 19.6 Å². The van der Waals surface area contributed by atoms with Gasteiger partial charge in [0.2, 0.25) is 5.91 Å². The first-order chi connectivity index (χ1) is 17.1. The number of carboxylic acids is 1. The zero-order valence-corrected chi connectivity index (χ0v) is 19.7. The van der Waals surface area contributed by atoms with E-state index in [4.69, 9.17) is 9.84 Å². The van der Waals surface area contributed by atoms with Crippen LogP contribution in [0.4, 0.5) is 0 Å². The van der Waals surface area contributed by atoms with Gasteiger partial charge in [-0.1, -0.05) is 0 Å². The van der Waals surface area contributed by atoms with Crippen LogP contribution < -0.4 is 0 Å². The fraction of sp³-hybridized carbons (Fsp3) is 0.500. The van der Waals surface area contributed by atoms with Crippen molar-refractivity contribution in [2.45, 2.75) is 38.3 Å². The summed E-state index contributed by atoms with van der Waals surface area (Å²) in [4.78, 5) is 74.8. The van der Waals surface area contributed by atoms with Crippen LogP contribution in [0.25, 0.3) is 0 Å². The Balaban J connectivity index is 1.74. The fourth-order valence-electron chi connectivity index (χ4n) is 4.47. The van der Waals surface area contributed by atoms with Gasteiger partial charge in [0.1, 0.15) is 6.23 Å². The van der Waals surface area contributed by atoms with Crippen LogP contribution in [-0.2, 0) is 33.5 Å². The van der Waals surface area contributed by atoms with Crippen LogP contribution in [0, 0.1) is 5.41 Å². The topological polar surface area (TPSA) is 162 Å². The molecule has 0 radical (unpaired) electrons. The Morgan fingerprint density at radius 1 is 0.833 bits per heavy atom. The molecular formula is C24H29N3O9. The number of imide groups is 2. The highest BCUT2D eigenvalue weighted by molar-refractivity contribution is 6.13. The predicted octanol–water partition coefficient (Wildman–Crippen LogP) is -0.409. The Morgan fingerprint density at radius 2 is 1.39 bits per heavy atom. The number of amides is 5. The van der Waals surface area contributed by atoms with Gasteiger partial charge in [-0.3, -0.25) is 38.6 Å². The van der Waals surface area contributed by atoms with Crippen molar-refractivity contribution in [3.8, 4) is 0 Å². The molecule has 3 aliphatic heterocycles. The molecule has 36 heavy (non-hydrogen) atoms. The van der Waals surface area contributed by atoms with E-state index in [1.807, 2.05) is 0 Å². The highest BCUT2D eigenvalue weighted by Gasteiger charge is 2.38. The van der Waals surface area contributed by atoms with Gasteiger partial charge in [0, 0.05) is 55.4 Å². The summed E-state index contributed by atoms with van der Waals surface area (Å²) in [5.41, 5.74) is -0.851. The normalized spacial score (nSPS) is 21.0. The molecule has 0 aromatic heterocycles. The van der Waals surface area contributed by atoms with Gasteiger partial charge < -0.3 is 19.8 Å². The van der Waals surface area contributed by atoms with Gasteiger partial charge in [-0.05, 0) is 31.8 Å². The number of aliphatic hydroxyl groups excluding tert-OH is 1. The van der Waals surface area contributed by atoms with Crippen molar-refractivity contribution in [3.63, 3.8) is 0 Å². The zero-order chi connectivity index (χ0) is 26.3. The third-order valence-corrected chi connectivity index (χ3v) is 6.37. The molecule has 3 aliphatic rings. The summed E-state index contributed by atoms with van der Waals surface area (Å²) < 4.78 is 5.67. The van der Waals surface area contributed by atoms with E-state index < -0.39 is 41.2 Å². The first kappa shape index (κ1) is 27.0. The fourth-order valence-corrected chi connectivity index (χ4v) is 4.47. The van der Waals surface area contributed by atoms with Crippen molar-refractivity contribution < 1.29 is 43.7 Å². The van der Waals surface area contributed by atoms with E-state index in [-0.39, 0.29) is 45.2 Å². The summed E-state index contributed by atoms with van der Waals surface area (Å²) in [6.07, 6.45) is 7.50. The van der Waals surface area contributed by atoms with Gasteiger partial charge in [0.15, 0.2) is 0 Å². The molecule has 0 fully saturated rings. The van der Waals surface area contributed by atoms with Gasteiger partial charge in [0.25, 0.3) is 23.6 Å². The molecule has 2 N–H and O–H groups in total. The molecular weight excluding hydrogens is 474 g/mol. The largest absolute Gasteiger partial charge is 0.481 e. The number of carbonyl (C=O) groups excluding carboxylic acids is 5. The maximum absolute atomic E-state index is 12.3. The van der Waals surface area contributed by atoms with E-state index in [1.165, 1.54) is 29.2 Å². The molecule has 2 atom stereocenters. The van der Waals surface area contributed by atoms with Gasteiger partial charge in [-0.15, -0.1) is 0 Å². The average molecular weight is 504 g/mol. The molecule has 0 aliphatic carbocycles. The Kier molecular flexibility index (Phi) is 8.88. The lowest BCUT2D eigenvalue weighted by Crippen LogP contribution is -2.45. The molecule has 0 saturated carbocycles. The van der Waals surface area contributed by atoms with Gasteiger partial charge in [-0.25, -0.2) is 0 Å². The quantitative estimate of drug-likeness (QED) is 0.223. The summed E-state index contributed by atoms with van der Waals surface area (Å²) >= 11 is 0. The second-order valence-corrected chi connectivity index (χ2v) is 8.97. The molecule has 3 rings (SSSR count). The Morgan fingerprint density at radius 3 is 1.92 bits per heavy atom. The summed E-state index contributed by atoms with van der Waals surface area (Å²) in [5, 5.41) is 18.9. The monoisotopic (exact) mass is 503 g/mol. The molecule has 0 spiro atoms. The number of aliphatic carboxylic acids is 1. The number of carboxylic acid groups (broad SMARTS) is 1. The lowest BCUT2D eigenvalue weighted by atomic mass is 9.78. The summed E-state index contributed by atoms with van der Waals surface area (Å²) in [5.74, 6) is -3.20. The second-order valence-electron chi connectivity index (χ2n) is 8.97. The van der Waals surface area contributed by atoms with E-state index in [2.05, 4.69) is 0 Å². The SMILES string of the molecule is O=C(O)CCOCC(CCCN1C(=O)C=CC1=O)(CCCN1C(=O)C=CC1O)CN1C(=O)C=CC1=O. The van der Waals surface area contributed by atoms with Crippen LogP contribution in [0.1, 0.15) is 32.1 Å². The molecule has 12 nitrogen and oxygen atoms in total. The van der Waals surface area contributed by atoms with Crippen molar-refractivity contribution >= 4 is 35.5 Å². The third kappa shape index (κ3) is 6.73. The lowest BCUT2D eigenvalue weighted by molar-refractivity contribution is -0.140. The van der Waals surface area contributed by atoms with E-state index in [0.29, 0.717) is 25.7 Å². The maximum Gasteiger partial charge on any atom is 0.305 e. The molecule has 0 aromatic rings. The zero-order valence-electron chi connectivity index (χ0n) is 19.7. The van der Waals surface area contributed by atoms with E-state index in [0.717, 1.165) is 22.0 Å². The van der Waals surface area contributed by atoms with Crippen molar-refractivity contribution in [3.05, 3.63) is 36.5 Å². The van der Waals surface area contributed by atoms with Crippen LogP contribution in [0.15, 0.2) is 36.5 Å². The third-order valence-electron chi connectivity index (χ3n) is 6.37. The smallest absolute Gasteiger partial charge is 0.305 e. The van der Waals surface area contributed by atoms with Crippen molar-refractivity contribution in [1.82, 2.24) is 14.7 Å². The average Bonchev–Trinajstić information content (AvgIpc) is 3.44.